The molecule has 3 nitrogen and oxygen atoms in total. The minimum atomic E-state index is 0.284. The molecule has 96 valence electrons. The van der Waals surface area contributed by atoms with E-state index >= 15 is 0 Å². The van der Waals surface area contributed by atoms with Crippen molar-refractivity contribution in [3.8, 4) is 0 Å². The molecule has 0 aromatic carbocycles. The van der Waals surface area contributed by atoms with Gasteiger partial charge in [0.1, 0.15) is 0 Å². The van der Waals surface area contributed by atoms with Gasteiger partial charge in [0, 0.05) is 25.9 Å². The number of aliphatic hydroxyl groups is 1. The summed E-state index contributed by atoms with van der Waals surface area (Å²) in [5.41, 5.74) is 0. The maximum atomic E-state index is 8.59. The molecule has 0 aromatic heterocycles. The van der Waals surface area contributed by atoms with Crippen LogP contribution in [0.1, 0.15) is 51.4 Å². The lowest BCUT2D eigenvalue weighted by molar-refractivity contribution is 0.122. The third-order valence-electron chi connectivity index (χ3n) is 3.20. The highest BCUT2D eigenvalue weighted by molar-refractivity contribution is 4.71. The molecule has 1 aliphatic rings. The smallest absolute Gasteiger partial charge is 0.0478 e. The number of hydrogen-bond acceptors (Lipinski definition) is 3. The van der Waals surface area contributed by atoms with Crippen LogP contribution in [0, 0.1) is 0 Å². The fourth-order valence-electron chi connectivity index (χ4n) is 2.21. The number of hydrogen-bond donors (Lipinski definition) is 2. The average Bonchev–Trinajstić information content (AvgIpc) is 2.34. The lowest BCUT2D eigenvalue weighted by Crippen LogP contribution is -2.32. The fourth-order valence-corrected chi connectivity index (χ4v) is 2.21. The van der Waals surface area contributed by atoms with Crippen molar-refractivity contribution in [2.24, 2.45) is 0 Å². The van der Waals surface area contributed by atoms with Crippen LogP contribution in [0.25, 0.3) is 0 Å². The van der Waals surface area contributed by atoms with Crippen LogP contribution in [0.5, 0.6) is 0 Å². The normalized spacial score (nSPS) is 17.8. The largest absolute Gasteiger partial charge is 0.396 e. The van der Waals surface area contributed by atoms with E-state index in [1.807, 2.05) is 0 Å². The molecule has 0 bridgehead atoms. The Morgan fingerprint density at radius 2 is 1.75 bits per heavy atom. The van der Waals surface area contributed by atoms with E-state index in [4.69, 9.17) is 9.84 Å². The summed E-state index contributed by atoms with van der Waals surface area (Å²) >= 11 is 0. The first kappa shape index (κ1) is 13.9. The first-order valence-electron chi connectivity index (χ1n) is 6.85. The Bertz CT molecular complexity index is 147. The zero-order valence-corrected chi connectivity index (χ0v) is 10.4. The van der Waals surface area contributed by atoms with Crippen molar-refractivity contribution in [3.63, 3.8) is 0 Å². The predicted octanol–water partition coefficient (Wildman–Crippen LogP) is 2.09. The maximum Gasteiger partial charge on any atom is 0.0478 e. The van der Waals surface area contributed by atoms with Gasteiger partial charge in [0.15, 0.2) is 0 Å². The molecule has 2 N–H and O–H groups in total. The van der Waals surface area contributed by atoms with Crippen LogP contribution in [-0.2, 0) is 4.74 Å². The van der Waals surface area contributed by atoms with Crippen LogP contribution in [0.15, 0.2) is 0 Å². The van der Waals surface area contributed by atoms with Crippen molar-refractivity contribution in [1.29, 1.82) is 0 Å². The number of rotatable bonds is 9. The molecule has 3 heteroatoms. The Labute approximate surface area is 99.6 Å². The topological polar surface area (TPSA) is 41.5 Å². The zero-order valence-electron chi connectivity index (χ0n) is 10.4. The Kier molecular flexibility index (Phi) is 8.77. The lowest BCUT2D eigenvalue weighted by atomic mass is 9.95. The molecule has 0 amide bonds. The van der Waals surface area contributed by atoms with E-state index in [1.165, 1.54) is 32.1 Å². The summed E-state index contributed by atoms with van der Waals surface area (Å²) in [6.07, 6.45) is 9.88. The molecule has 0 aromatic rings. The molecule has 0 radical (unpaired) electrons. The van der Waals surface area contributed by atoms with E-state index in [2.05, 4.69) is 5.32 Å². The van der Waals surface area contributed by atoms with Crippen LogP contribution >= 0.6 is 0 Å². The first-order chi connectivity index (χ1) is 7.93. The van der Waals surface area contributed by atoms with Crippen molar-refractivity contribution in [2.45, 2.75) is 57.4 Å². The molecule has 0 atom stereocenters. The summed E-state index contributed by atoms with van der Waals surface area (Å²) in [4.78, 5) is 0. The Balaban J connectivity index is 1.77. The van der Waals surface area contributed by atoms with Gasteiger partial charge in [-0.3, -0.25) is 0 Å². The van der Waals surface area contributed by atoms with Crippen LogP contribution < -0.4 is 5.32 Å². The van der Waals surface area contributed by atoms with Crippen molar-refractivity contribution in [2.75, 3.05) is 26.4 Å². The van der Waals surface area contributed by atoms with E-state index in [0.717, 1.165) is 45.1 Å². The Morgan fingerprint density at radius 3 is 2.50 bits per heavy atom. The van der Waals surface area contributed by atoms with Gasteiger partial charge >= 0.3 is 0 Å². The van der Waals surface area contributed by atoms with Gasteiger partial charge in [-0.05, 0) is 38.6 Å². The minimum Gasteiger partial charge on any atom is -0.396 e. The highest BCUT2D eigenvalue weighted by Crippen LogP contribution is 2.17. The SMILES string of the molecule is OCCCCOCCCNC1CCCCC1. The lowest BCUT2D eigenvalue weighted by Gasteiger charge is -2.22. The van der Waals surface area contributed by atoms with Gasteiger partial charge in [-0.2, -0.15) is 0 Å². The fraction of sp³-hybridized carbons (Fsp3) is 1.00. The minimum absolute atomic E-state index is 0.284. The van der Waals surface area contributed by atoms with Crippen LogP contribution in [0.2, 0.25) is 0 Å². The summed E-state index contributed by atoms with van der Waals surface area (Å²) in [5.74, 6) is 0. The summed E-state index contributed by atoms with van der Waals surface area (Å²) in [5, 5.41) is 12.2. The van der Waals surface area contributed by atoms with E-state index < -0.39 is 0 Å². The predicted molar refractivity (Wildman–Crippen MR) is 66.6 cm³/mol. The quantitative estimate of drug-likeness (QED) is 0.595. The molecule has 1 saturated carbocycles. The third kappa shape index (κ3) is 7.20. The number of aliphatic hydroxyl groups excluding tert-OH is 1. The summed E-state index contributed by atoms with van der Waals surface area (Å²) in [6, 6.07) is 0.767. The average molecular weight is 229 g/mol. The van der Waals surface area contributed by atoms with E-state index in [9.17, 15) is 0 Å². The van der Waals surface area contributed by atoms with E-state index in [-0.39, 0.29) is 6.61 Å². The molecular formula is C13H27NO2. The van der Waals surface area contributed by atoms with Gasteiger partial charge in [-0.1, -0.05) is 19.3 Å². The van der Waals surface area contributed by atoms with Crippen molar-refractivity contribution in [3.05, 3.63) is 0 Å². The molecular weight excluding hydrogens is 202 g/mol. The Morgan fingerprint density at radius 1 is 1.00 bits per heavy atom. The molecule has 1 aliphatic carbocycles. The number of nitrogens with one attached hydrogen (secondary N) is 1. The van der Waals surface area contributed by atoms with Crippen LogP contribution in [-0.4, -0.2) is 37.5 Å². The number of unbranched alkanes of at least 4 members (excludes halogenated alkanes) is 1. The number of ether oxygens (including phenoxy) is 1. The molecule has 0 aliphatic heterocycles. The molecule has 16 heavy (non-hydrogen) atoms. The van der Waals surface area contributed by atoms with Crippen molar-refractivity contribution >= 4 is 0 Å². The maximum absolute atomic E-state index is 8.59. The summed E-state index contributed by atoms with van der Waals surface area (Å²) in [6.45, 7) is 3.02. The highest BCUT2D eigenvalue weighted by Gasteiger charge is 2.11. The first-order valence-corrected chi connectivity index (χ1v) is 6.85. The second kappa shape index (κ2) is 10.1. The van der Waals surface area contributed by atoms with Gasteiger partial charge in [0.05, 0.1) is 0 Å². The van der Waals surface area contributed by atoms with E-state index in [0.29, 0.717) is 0 Å². The molecule has 0 spiro atoms. The van der Waals surface area contributed by atoms with Crippen LogP contribution in [0.3, 0.4) is 0 Å². The van der Waals surface area contributed by atoms with Gasteiger partial charge < -0.3 is 15.2 Å². The summed E-state index contributed by atoms with van der Waals surface area (Å²) in [7, 11) is 0. The zero-order chi connectivity index (χ0) is 11.5. The summed E-state index contributed by atoms with van der Waals surface area (Å²) < 4.78 is 5.47. The standard InChI is InChI=1S/C13H27NO2/c15-10-4-5-11-16-12-6-9-14-13-7-2-1-3-8-13/h13-15H,1-12H2. The molecule has 0 saturated heterocycles. The van der Waals surface area contributed by atoms with Crippen LogP contribution in [0.4, 0.5) is 0 Å². The second-order valence-electron chi connectivity index (χ2n) is 4.69. The molecule has 1 fully saturated rings. The van der Waals surface area contributed by atoms with Gasteiger partial charge in [0.2, 0.25) is 0 Å². The molecule has 0 unspecified atom stereocenters. The van der Waals surface area contributed by atoms with Gasteiger partial charge in [-0.25, -0.2) is 0 Å². The third-order valence-corrected chi connectivity index (χ3v) is 3.20. The highest BCUT2D eigenvalue weighted by atomic mass is 16.5. The van der Waals surface area contributed by atoms with Gasteiger partial charge in [-0.15, -0.1) is 0 Å². The molecule has 1 rings (SSSR count). The Hall–Kier alpha value is -0.120. The molecule has 0 heterocycles. The van der Waals surface area contributed by atoms with Gasteiger partial charge in [0.25, 0.3) is 0 Å². The van der Waals surface area contributed by atoms with Crippen molar-refractivity contribution < 1.29 is 9.84 Å². The van der Waals surface area contributed by atoms with E-state index in [1.54, 1.807) is 0 Å². The monoisotopic (exact) mass is 229 g/mol. The van der Waals surface area contributed by atoms with Crippen molar-refractivity contribution in [1.82, 2.24) is 5.32 Å². The second-order valence-corrected chi connectivity index (χ2v) is 4.69.